The van der Waals surface area contributed by atoms with Crippen molar-refractivity contribution in [1.82, 2.24) is 30.2 Å². The van der Waals surface area contributed by atoms with Gasteiger partial charge < -0.3 is 19.7 Å². The topological polar surface area (TPSA) is 88.5 Å². The van der Waals surface area contributed by atoms with Crippen molar-refractivity contribution in [1.29, 1.82) is 0 Å². The van der Waals surface area contributed by atoms with Gasteiger partial charge in [0.1, 0.15) is 53.3 Å². The lowest BCUT2D eigenvalue weighted by atomic mass is 9.95. The van der Waals surface area contributed by atoms with Crippen molar-refractivity contribution in [3.63, 3.8) is 0 Å². The number of hydrogen-bond acceptors (Lipinski definition) is 9. The standard InChI is InChI=1S/C31H29F4N7O2/c32-16-10-31(7-2-8-41(31)11-16)14-44-30-39-25-23-28(40-30)42-12-17-5-6-19(36-17)20(42)13-43-29(23)38-27(24(25)35)26-22-15(9-21(34)37-26)3-1-4-18(22)33/h1,3-4,9,16-17,19-20,36H,2,5-8,10-14H2/t16-,17+,19-,20?,31+/m1/s1. The van der Waals surface area contributed by atoms with Gasteiger partial charge in [0.2, 0.25) is 11.8 Å². The van der Waals surface area contributed by atoms with E-state index in [2.05, 4.69) is 30.1 Å². The predicted molar refractivity (Wildman–Crippen MR) is 153 cm³/mol. The molecule has 1 aromatic carbocycles. The van der Waals surface area contributed by atoms with Crippen molar-refractivity contribution >= 4 is 27.5 Å². The first-order valence-corrected chi connectivity index (χ1v) is 15.2. The SMILES string of the molecule is Fc1cc2cccc(F)c2c(-c2nc3c4c(nc(OC[C@@]56CCCN5C[C@H](F)C6)nc4c2F)N2C[C@@H]4CC[C@@H](N4)C2CO3)n1. The highest BCUT2D eigenvalue weighted by molar-refractivity contribution is 6.00. The Hall–Kier alpha value is -3.84. The van der Waals surface area contributed by atoms with Crippen molar-refractivity contribution in [2.24, 2.45) is 0 Å². The highest BCUT2D eigenvalue weighted by atomic mass is 19.1. The molecule has 8 heterocycles. The maximum absolute atomic E-state index is 16.7. The van der Waals surface area contributed by atoms with Crippen LogP contribution in [-0.4, -0.2) is 87.5 Å². The summed E-state index contributed by atoms with van der Waals surface area (Å²) >= 11 is 0. The fourth-order valence-corrected chi connectivity index (χ4v) is 8.19. The first-order chi connectivity index (χ1) is 21.4. The quantitative estimate of drug-likeness (QED) is 0.269. The number of nitrogens with zero attached hydrogens (tertiary/aromatic N) is 6. The lowest BCUT2D eigenvalue weighted by molar-refractivity contribution is 0.107. The third-order valence-electron chi connectivity index (χ3n) is 10.2. The van der Waals surface area contributed by atoms with Crippen LogP contribution in [0, 0.1) is 17.6 Å². The fraction of sp³-hybridized carbons (Fsp3) is 0.484. The van der Waals surface area contributed by atoms with E-state index in [0.717, 1.165) is 38.3 Å². The Morgan fingerprint density at radius 3 is 2.86 bits per heavy atom. The van der Waals surface area contributed by atoms with E-state index in [1.54, 1.807) is 0 Å². The van der Waals surface area contributed by atoms with Crippen LogP contribution in [0.3, 0.4) is 0 Å². The van der Waals surface area contributed by atoms with Crippen molar-refractivity contribution in [2.45, 2.75) is 61.9 Å². The number of aromatic nitrogens is 4. The molecule has 5 aliphatic rings. The van der Waals surface area contributed by atoms with Gasteiger partial charge in [0.15, 0.2) is 5.82 Å². The monoisotopic (exact) mass is 607 g/mol. The molecular weight excluding hydrogens is 578 g/mol. The minimum Gasteiger partial charge on any atom is -0.475 e. The molecular formula is C31H29F4N7O2. The predicted octanol–water partition coefficient (Wildman–Crippen LogP) is 4.31. The van der Waals surface area contributed by atoms with E-state index in [0.29, 0.717) is 25.3 Å². The summed E-state index contributed by atoms with van der Waals surface area (Å²) in [6.45, 7) is 2.20. The number of hydrogen-bond donors (Lipinski definition) is 1. The van der Waals surface area contributed by atoms with Gasteiger partial charge in [-0.2, -0.15) is 14.4 Å². The molecule has 5 atom stereocenters. The Labute approximate surface area is 249 Å². The number of anilines is 1. The summed E-state index contributed by atoms with van der Waals surface area (Å²) in [5.74, 6) is -1.99. The van der Waals surface area contributed by atoms with Gasteiger partial charge in [0, 0.05) is 43.0 Å². The summed E-state index contributed by atoms with van der Waals surface area (Å²) in [4.78, 5) is 22.0. The summed E-state index contributed by atoms with van der Waals surface area (Å²) in [6.07, 6.45) is 3.12. The van der Waals surface area contributed by atoms with Gasteiger partial charge in [-0.3, -0.25) is 4.90 Å². The third kappa shape index (κ3) is 3.91. The van der Waals surface area contributed by atoms with Crippen molar-refractivity contribution in [3.05, 3.63) is 41.8 Å². The normalized spacial score (nSPS) is 29.1. The second-order valence-corrected chi connectivity index (χ2v) is 12.7. The van der Waals surface area contributed by atoms with E-state index in [4.69, 9.17) is 14.5 Å². The van der Waals surface area contributed by atoms with Gasteiger partial charge in [0.25, 0.3) is 0 Å². The van der Waals surface area contributed by atoms with E-state index in [-0.39, 0.29) is 76.3 Å². The van der Waals surface area contributed by atoms with Crippen LogP contribution in [0.25, 0.3) is 33.1 Å². The maximum atomic E-state index is 16.7. The number of halogens is 4. The van der Waals surface area contributed by atoms with Crippen molar-refractivity contribution in [3.8, 4) is 23.3 Å². The van der Waals surface area contributed by atoms with E-state index >= 15 is 8.78 Å². The Morgan fingerprint density at radius 1 is 1.05 bits per heavy atom. The second kappa shape index (κ2) is 9.58. The molecule has 1 N–H and O–H groups in total. The molecule has 9 rings (SSSR count). The average molecular weight is 608 g/mol. The molecule has 4 aromatic rings. The van der Waals surface area contributed by atoms with Crippen LogP contribution in [0.2, 0.25) is 0 Å². The van der Waals surface area contributed by atoms with Gasteiger partial charge in [-0.05, 0) is 43.7 Å². The molecule has 4 fully saturated rings. The highest BCUT2D eigenvalue weighted by Gasteiger charge is 2.50. The maximum Gasteiger partial charge on any atom is 0.319 e. The van der Waals surface area contributed by atoms with Crippen LogP contribution in [0.1, 0.15) is 32.1 Å². The number of rotatable bonds is 4. The molecule has 4 saturated heterocycles. The minimum atomic E-state index is -0.932. The molecule has 228 valence electrons. The van der Waals surface area contributed by atoms with Crippen molar-refractivity contribution in [2.75, 3.05) is 37.7 Å². The van der Waals surface area contributed by atoms with Gasteiger partial charge >= 0.3 is 6.01 Å². The van der Waals surface area contributed by atoms with Crippen LogP contribution in [-0.2, 0) is 0 Å². The Bertz CT molecular complexity index is 1840. The lowest BCUT2D eigenvalue weighted by Crippen LogP contribution is -2.60. The Morgan fingerprint density at radius 2 is 1.95 bits per heavy atom. The van der Waals surface area contributed by atoms with E-state index in [1.165, 1.54) is 18.2 Å². The van der Waals surface area contributed by atoms with E-state index in [1.807, 2.05) is 0 Å². The molecule has 0 spiro atoms. The number of nitrogens with one attached hydrogen (secondary N) is 1. The van der Waals surface area contributed by atoms with Gasteiger partial charge in [-0.25, -0.2) is 23.1 Å². The summed E-state index contributed by atoms with van der Waals surface area (Å²) in [5.41, 5.74) is -1.26. The number of ether oxygens (including phenoxy) is 2. The summed E-state index contributed by atoms with van der Waals surface area (Å²) in [5, 5.41) is 4.07. The summed E-state index contributed by atoms with van der Waals surface area (Å²) in [7, 11) is 0. The average Bonchev–Trinajstić information content (AvgIpc) is 3.64. The molecule has 13 heteroatoms. The molecule has 2 bridgehead atoms. The van der Waals surface area contributed by atoms with Gasteiger partial charge in [-0.15, -0.1) is 0 Å². The lowest BCUT2D eigenvalue weighted by Gasteiger charge is -2.40. The molecule has 0 aliphatic carbocycles. The first-order valence-electron chi connectivity index (χ1n) is 15.2. The summed E-state index contributed by atoms with van der Waals surface area (Å²) in [6, 6.07) is 5.49. The molecule has 0 radical (unpaired) electrons. The van der Waals surface area contributed by atoms with Crippen LogP contribution < -0.4 is 19.7 Å². The molecule has 9 nitrogen and oxygen atoms in total. The number of fused-ring (bicyclic) bond motifs is 7. The molecule has 0 amide bonds. The molecule has 5 aliphatic heterocycles. The van der Waals surface area contributed by atoms with Crippen molar-refractivity contribution < 1.29 is 27.0 Å². The fourth-order valence-electron chi connectivity index (χ4n) is 8.19. The second-order valence-electron chi connectivity index (χ2n) is 12.7. The number of pyridine rings is 2. The molecule has 0 saturated carbocycles. The smallest absolute Gasteiger partial charge is 0.319 e. The largest absolute Gasteiger partial charge is 0.475 e. The zero-order chi connectivity index (χ0) is 29.7. The van der Waals surface area contributed by atoms with E-state index in [9.17, 15) is 8.78 Å². The van der Waals surface area contributed by atoms with Crippen LogP contribution in [0.15, 0.2) is 24.3 Å². The zero-order valence-electron chi connectivity index (χ0n) is 23.7. The molecule has 3 aromatic heterocycles. The Kier molecular flexibility index (Phi) is 5.78. The first kappa shape index (κ1) is 26.6. The highest BCUT2D eigenvalue weighted by Crippen LogP contribution is 2.44. The van der Waals surface area contributed by atoms with Crippen LogP contribution in [0.5, 0.6) is 11.9 Å². The van der Waals surface area contributed by atoms with Gasteiger partial charge in [-0.1, -0.05) is 12.1 Å². The third-order valence-corrected chi connectivity index (χ3v) is 10.2. The number of piperazine rings is 1. The number of benzene rings is 1. The van der Waals surface area contributed by atoms with E-state index < -0.39 is 29.3 Å². The molecule has 44 heavy (non-hydrogen) atoms. The minimum absolute atomic E-state index is 0.0483. The molecule has 1 unspecified atom stereocenters. The summed E-state index contributed by atoms with van der Waals surface area (Å²) < 4.78 is 73.5. The number of alkyl halides is 1. The van der Waals surface area contributed by atoms with Crippen LogP contribution >= 0.6 is 0 Å². The Balaban J connectivity index is 1.23. The van der Waals surface area contributed by atoms with Crippen LogP contribution in [0.4, 0.5) is 23.4 Å². The van der Waals surface area contributed by atoms with Gasteiger partial charge in [0.05, 0.1) is 11.6 Å². The zero-order valence-corrected chi connectivity index (χ0v) is 23.7.